The first kappa shape index (κ1) is 15.3. The minimum atomic E-state index is -0.0503. The van der Waals surface area contributed by atoms with Crippen molar-refractivity contribution in [2.45, 2.75) is 18.9 Å². The molecule has 0 aromatic heterocycles. The second kappa shape index (κ2) is 8.22. The summed E-state index contributed by atoms with van der Waals surface area (Å²) in [5.74, 6) is -0.0503. The molecule has 3 nitrogen and oxygen atoms in total. The quantitative estimate of drug-likeness (QED) is 0.848. The van der Waals surface area contributed by atoms with Gasteiger partial charge in [0.15, 0.2) is 0 Å². The van der Waals surface area contributed by atoms with Gasteiger partial charge in [-0.2, -0.15) is 0 Å². The van der Waals surface area contributed by atoms with Gasteiger partial charge in [-0.05, 0) is 30.5 Å². The van der Waals surface area contributed by atoms with Gasteiger partial charge in [-0.25, -0.2) is 0 Å². The van der Waals surface area contributed by atoms with Gasteiger partial charge in [0.05, 0.1) is 12.6 Å². The molecule has 0 aliphatic carbocycles. The fourth-order valence-corrected chi connectivity index (χ4v) is 2.24. The van der Waals surface area contributed by atoms with E-state index in [2.05, 4.69) is 17.4 Å². The lowest BCUT2D eigenvalue weighted by molar-refractivity contribution is 0.0892. The first-order valence-corrected chi connectivity index (χ1v) is 7.18. The van der Waals surface area contributed by atoms with Crippen LogP contribution in [-0.2, 0) is 11.2 Å². The Morgan fingerprint density at radius 1 is 1.05 bits per heavy atom. The molecule has 1 N–H and O–H groups in total. The zero-order chi connectivity index (χ0) is 14.9. The zero-order valence-corrected chi connectivity index (χ0v) is 12.3. The van der Waals surface area contributed by atoms with Crippen molar-refractivity contribution in [3.63, 3.8) is 0 Å². The Kier molecular flexibility index (Phi) is 5.98. The average molecular weight is 283 g/mol. The molecule has 0 aliphatic rings. The van der Waals surface area contributed by atoms with E-state index in [0.717, 1.165) is 12.8 Å². The number of hydrogen-bond acceptors (Lipinski definition) is 2. The molecular weight excluding hydrogens is 262 g/mol. The molecule has 2 rings (SSSR count). The van der Waals surface area contributed by atoms with Crippen LogP contribution in [0.4, 0.5) is 0 Å². The van der Waals surface area contributed by atoms with Gasteiger partial charge in [0.25, 0.3) is 5.91 Å². The van der Waals surface area contributed by atoms with Crippen LogP contribution in [0.1, 0.15) is 22.3 Å². The third-order valence-electron chi connectivity index (χ3n) is 3.36. The molecule has 2 aromatic carbocycles. The maximum Gasteiger partial charge on any atom is 0.251 e. The largest absolute Gasteiger partial charge is 0.383 e. The molecule has 110 valence electrons. The monoisotopic (exact) mass is 283 g/mol. The Balaban J connectivity index is 1.91. The van der Waals surface area contributed by atoms with Crippen LogP contribution in [0.25, 0.3) is 0 Å². The average Bonchev–Trinajstić information content (AvgIpc) is 2.54. The molecule has 0 bridgehead atoms. The normalized spacial score (nSPS) is 11.9. The first-order valence-electron chi connectivity index (χ1n) is 7.18. The molecule has 3 heteroatoms. The van der Waals surface area contributed by atoms with Crippen LogP contribution >= 0.6 is 0 Å². The number of carbonyl (C=O) groups is 1. The third-order valence-corrected chi connectivity index (χ3v) is 3.36. The van der Waals surface area contributed by atoms with Crippen molar-refractivity contribution >= 4 is 5.91 Å². The molecule has 0 fully saturated rings. The highest BCUT2D eigenvalue weighted by Crippen LogP contribution is 2.07. The van der Waals surface area contributed by atoms with Gasteiger partial charge in [0, 0.05) is 12.7 Å². The lowest BCUT2D eigenvalue weighted by Crippen LogP contribution is -2.38. The van der Waals surface area contributed by atoms with Gasteiger partial charge in [-0.15, -0.1) is 0 Å². The number of aryl methyl sites for hydroxylation is 1. The van der Waals surface area contributed by atoms with Crippen LogP contribution in [0.5, 0.6) is 0 Å². The van der Waals surface area contributed by atoms with Crippen LogP contribution in [0, 0.1) is 0 Å². The first-order chi connectivity index (χ1) is 10.3. The van der Waals surface area contributed by atoms with Gasteiger partial charge in [-0.1, -0.05) is 48.5 Å². The predicted molar refractivity (Wildman–Crippen MR) is 84.3 cm³/mol. The molecule has 2 aromatic rings. The van der Waals surface area contributed by atoms with E-state index < -0.39 is 0 Å². The summed E-state index contributed by atoms with van der Waals surface area (Å²) in [4.78, 5) is 12.2. The summed E-state index contributed by atoms with van der Waals surface area (Å²) in [6, 6.07) is 19.5. The molecule has 0 heterocycles. The SMILES string of the molecule is COCC(CCc1ccccc1)NC(=O)c1ccccc1. The van der Waals surface area contributed by atoms with Gasteiger partial charge in [-0.3, -0.25) is 4.79 Å². The topological polar surface area (TPSA) is 38.3 Å². The molecule has 1 unspecified atom stereocenters. The summed E-state index contributed by atoms with van der Waals surface area (Å²) in [5, 5.41) is 3.04. The minimum Gasteiger partial charge on any atom is -0.383 e. The second-order valence-electron chi connectivity index (χ2n) is 5.02. The Morgan fingerprint density at radius 2 is 1.67 bits per heavy atom. The van der Waals surface area contributed by atoms with Crippen molar-refractivity contribution in [1.82, 2.24) is 5.32 Å². The summed E-state index contributed by atoms with van der Waals surface area (Å²) >= 11 is 0. The molecule has 0 spiro atoms. The lowest BCUT2D eigenvalue weighted by Gasteiger charge is -2.18. The number of carbonyl (C=O) groups excluding carboxylic acids is 1. The number of methoxy groups -OCH3 is 1. The predicted octanol–water partition coefficient (Wildman–Crippen LogP) is 3.06. The van der Waals surface area contributed by atoms with Crippen molar-refractivity contribution in [1.29, 1.82) is 0 Å². The van der Waals surface area contributed by atoms with Gasteiger partial charge in [0.1, 0.15) is 0 Å². The van der Waals surface area contributed by atoms with E-state index in [-0.39, 0.29) is 11.9 Å². The van der Waals surface area contributed by atoms with Crippen molar-refractivity contribution in [2.75, 3.05) is 13.7 Å². The number of nitrogens with one attached hydrogen (secondary N) is 1. The second-order valence-corrected chi connectivity index (χ2v) is 5.02. The van der Waals surface area contributed by atoms with E-state index in [1.165, 1.54) is 5.56 Å². The number of amides is 1. The molecule has 0 radical (unpaired) electrons. The summed E-state index contributed by atoms with van der Waals surface area (Å²) in [7, 11) is 1.66. The van der Waals surface area contributed by atoms with Crippen molar-refractivity contribution in [2.24, 2.45) is 0 Å². The summed E-state index contributed by atoms with van der Waals surface area (Å²) < 4.78 is 5.21. The number of hydrogen-bond donors (Lipinski definition) is 1. The van der Waals surface area contributed by atoms with Crippen LogP contribution < -0.4 is 5.32 Å². The molecule has 21 heavy (non-hydrogen) atoms. The zero-order valence-electron chi connectivity index (χ0n) is 12.3. The highest BCUT2D eigenvalue weighted by molar-refractivity contribution is 5.94. The summed E-state index contributed by atoms with van der Waals surface area (Å²) in [5.41, 5.74) is 1.95. The highest BCUT2D eigenvalue weighted by Gasteiger charge is 2.13. The van der Waals surface area contributed by atoms with E-state index in [1.54, 1.807) is 7.11 Å². The number of benzene rings is 2. The van der Waals surface area contributed by atoms with Gasteiger partial charge in [0.2, 0.25) is 0 Å². The van der Waals surface area contributed by atoms with Crippen molar-refractivity contribution < 1.29 is 9.53 Å². The highest BCUT2D eigenvalue weighted by atomic mass is 16.5. The van der Waals surface area contributed by atoms with Crippen LogP contribution in [0.2, 0.25) is 0 Å². The van der Waals surface area contributed by atoms with Gasteiger partial charge >= 0.3 is 0 Å². The molecule has 0 saturated carbocycles. The van der Waals surface area contributed by atoms with E-state index in [4.69, 9.17) is 4.74 Å². The fraction of sp³-hybridized carbons (Fsp3) is 0.278. The smallest absolute Gasteiger partial charge is 0.251 e. The number of rotatable bonds is 7. The number of ether oxygens (including phenoxy) is 1. The molecular formula is C18H21NO2. The fourth-order valence-electron chi connectivity index (χ4n) is 2.24. The van der Waals surface area contributed by atoms with E-state index in [9.17, 15) is 4.79 Å². The Bertz CT molecular complexity index is 540. The van der Waals surface area contributed by atoms with E-state index in [1.807, 2.05) is 48.5 Å². The molecule has 0 saturated heterocycles. The Labute approximate surface area is 126 Å². The Morgan fingerprint density at radius 3 is 2.29 bits per heavy atom. The minimum absolute atomic E-state index is 0.0166. The van der Waals surface area contributed by atoms with Crippen molar-refractivity contribution in [3.8, 4) is 0 Å². The van der Waals surface area contributed by atoms with Crippen LogP contribution in [-0.4, -0.2) is 25.7 Å². The van der Waals surface area contributed by atoms with Crippen LogP contribution in [0.15, 0.2) is 60.7 Å². The third kappa shape index (κ3) is 5.04. The molecule has 1 atom stereocenters. The molecule has 0 aliphatic heterocycles. The maximum absolute atomic E-state index is 12.2. The maximum atomic E-state index is 12.2. The summed E-state index contributed by atoms with van der Waals surface area (Å²) in [6.45, 7) is 0.519. The van der Waals surface area contributed by atoms with Crippen LogP contribution in [0.3, 0.4) is 0 Å². The van der Waals surface area contributed by atoms with Gasteiger partial charge < -0.3 is 10.1 Å². The summed E-state index contributed by atoms with van der Waals surface area (Å²) in [6.07, 6.45) is 1.78. The van der Waals surface area contributed by atoms with Crippen molar-refractivity contribution in [3.05, 3.63) is 71.8 Å². The standard InChI is InChI=1S/C18H21NO2/c1-21-14-17(13-12-15-8-4-2-5-9-15)19-18(20)16-10-6-3-7-11-16/h2-11,17H,12-14H2,1H3,(H,19,20). The van der Waals surface area contributed by atoms with E-state index in [0.29, 0.717) is 12.2 Å². The Hall–Kier alpha value is -2.13. The molecule has 1 amide bonds. The van der Waals surface area contributed by atoms with E-state index >= 15 is 0 Å². The lowest BCUT2D eigenvalue weighted by atomic mass is 10.1.